The number of nitrogens with one attached hydrogen (secondary N) is 1. The van der Waals surface area contributed by atoms with Gasteiger partial charge in [0.05, 0.1) is 18.1 Å². The van der Waals surface area contributed by atoms with E-state index in [1.165, 1.54) is 7.11 Å². The molecule has 1 saturated heterocycles. The molecule has 0 bridgehead atoms. The summed E-state index contributed by atoms with van der Waals surface area (Å²) in [6, 6.07) is 9.14. The van der Waals surface area contributed by atoms with Crippen LogP contribution in [0.3, 0.4) is 0 Å². The van der Waals surface area contributed by atoms with Gasteiger partial charge in [-0.1, -0.05) is 30.3 Å². The Morgan fingerprint density at radius 1 is 1.03 bits per heavy atom. The molecule has 0 spiro atoms. The Balaban J connectivity index is 0.00000249. The van der Waals surface area contributed by atoms with Gasteiger partial charge in [0.25, 0.3) is 5.91 Å². The molecule has 1 aliphatic heterocycles. The first kappa shape index (κ1) is 27.4. The van der Waals surface area contributed by atoms with E-state index in [0.29, 0.717) is 18.5 Å². The molecule has 0 saturated carbocycles. The molecule has 1 aliphatic rings. The molecule has 0 aromatic heterocycles. The van der Waals surface area contributed by atoms with E-state index in [1.807, 2.05) is 44.2 Å². The lowest BCUT2D eigenvalue weighted by Crippen LogP contribution is -2.61. The smallest absolute Gasteiger partial charge is 0.408 e. The average molecular weight is 451 g/mol. The number of likely N-dealkylation sites (tertiary alicyclic amines) is 1. The van der Waals surface area contributed by atoms with Crippen molar-refractivity contribution in [2.24, 2.45) is 5.41 Å². The molecule has 0 aliphatic carbocycles. The summed E-state index contributed by atoms with van der Waals surface area (Å²) >= 11 is 0. The Kier molecular flexibility index (Phi) is 8.48. The molecule has 2 amide bonds. The third kappa shape index (κ3) is 5.23. The molecule has 2 N–H and O–H groups in total. The third-order valence-electron chi connectivity index (χ3n) is 6.20. The Labute approximate surface area is 191 Å². The first-order valence-corrected chi connectivity index (χ1v) is 10.6. The van der Waals surface area contributed by atoms with Gasteiger partial charge in [-0.3, -0.25) is 9.59 Å². The predicted octanol–water partition coefficient (Wildman–Crippen LogP) is 3.23. The molecule has 1 fully saturated rings. The van der Waals surface area contributed by atoms with Crippen LogP contribution in [0.1, 0.15) is 60.5 Å². The van der Waals surface area contributed by atoms with Gasteiger partial charge in [-0.15, -0.1) is 0 Å². The summed E-state index contributed by atoms with van der Waals surface area (Å²) in [6.07, 6.45) is -0.304. The van der Waals surface area contributed by atoms with E-state index in [0.717, 1.165) is 7.11 Å². The standard InChI is InChI=1S/C23H34N2O5.CH4O/c1-20(2,3)30-19(28)24-23(16-12-10-9-11-13-16)14-15-25(17(23)26)22(6,7)21(4,5)18(27)29-8;1-2/h9-13H,14-15H2,1-8H3,(H,24,28);2H,1H3. The molecule has 1 atom stereocenters. The van der Waals surface area contributed by atoms with Crippen LogP contribution in [0.15, 0.2) is 30.3 Å². The van der Waals surface area contributed by atoms with Crippen LogP contribution < -0.4 is 5.32 Å². The number of aliphatic hydroxyl groups excluding tert-OH is 1. The third-order valence-corrected chi connectivity index (χ3v) is 6.20. The molecular weight excluding hydrogens is 412 g/mol. The van der Waals surface area contributed by atoms with Crippen LogP contribution >= 0.6 is 0 Å². The quantitative estimate of drug-likeness (QED) is 0.668. The monoisotopic (exact) mass is 450 g/mol. The second-order valence-corrected chi connectivity index (χ2v) is 9.78. The Morgan fingerprint density at radius 3 is 2.03 bits per heavy atom. The Hall–Kier alpha value is -2.61. The maximum Gasteiger partial charge on any atom is 0.408 e. The number of alkyl carbamates (subject to hydrolysis) is 1. The summed E-state index contributed by atoms with van der Waals surface area (Å²) < 4.78 is 10.4. The van der Waals surface area contributed by atoms with Gasteiger partial charge in [0.15, 0.2) is 0 Å². The van der Waals surface area contributed by atoms with E-state index in [1.54, 1.807) is 39.5 Å². The van der Waals surface area contributed by atoms with E-state index in [2.05, 4.69) is 5.32 Å². The lowest BCUT2D eigenvalue weighted by molar-refractivity contribution is -0.162. The van der Waals surface area contributed by atoms with Crippen molar-refractivity contribution >= 4 is 18.0 Å². The molecule has 8 heteroatoms. The molecule has 2 rings (SSSR count). The number of hydrogen-bond acceptors (Lipinski definition) is 6. The molecule has 1 heterocycles. The molecule has 0 radical (unpaired) electrons. The summed E-state index contributed by atoms with van der Waals surface area (Å²) in [5.41, 5.74) is -3.11. The lowest BCUT2D eigenvalue weighted by atomic mass is 9.73. The summed E-state index contributed by atoms with van der Waals surface area (Å²) in [4.78, 5) is 40.6. The summed E-state index contributed by atoms with van der Waals surface area (Å²) in [5.74, 6) is -0.681. The molecule has 1 aromatic carbocycles. The summed E-state index contributed by atoms with van der Waals surface area (Å²) in [7, 11) is 2.34. The van der Waals surface area contributed by atoms with Gasteiger partial charge in [0, 0.05) is 20.1 Å². The molecule has 180 valence electrons. The number of nitrogens with zero attached hydrogens (tertiary/aromatic N) is 1. The van der Waals surface area contributed by atoms with Crippen molar-refractivity contribution in [2.75, 3.05) is 20.8 Å². The van der Waals surface area contributed by atoms with Crippen LogP contribution in [0.5, 0.6) is 0 Å². The summed E-state index contributed by atoms with van der Waals surface area (Å²) in [6.45, 7) is 12.9. The zero-order valence-corrected chi connectivity index (χ0v) is 20.7. The number of methoxy groups -OCH3 is 1. The topological polar surface area (TPSA) is 105 Å². The van der Waals surface area contributed by atoms with Crippen molar-refractivity contribution in [3.63, 3.8) is 0 Å². The SMILES string of the molecule is CO.COC(=O)C(C)(C)C(C)(C)N1CCC(NC(=O)OC(C)(C)C)(c2ccccc2)C1=O. The summed E-state index contributed by atoms with van der Waals surface area (Å²) in [5, 5.41) is 9.84. The lowest BCUT2D eigenvalue weighted by Gasteiger charge is -2.46. The number of ether oxygens (including phenoxy) is 2. The largest absolute Gasteiger partial charge is 0.469 e. The number of carbonyl (C=O) groups is 3. The van der Waals surface area contributed by atoms with Crippen LogP contribution in [-0.2, 0) is 24.6 Å². The molecule has 8 nitrogen and oxygen atoms in total. The van der Waals surface area contributed by atoms with Crippen LogP contribution in [-0.4, -0.2) is 59.9 Å². The van der Waals surface area contributed by atoms with Gasteiger partial charge in [0.2, 0.25) is 0 Å². The first-order chi connectivity index (χ1) is 14.7. The van der Waals surface area contributed by atoms with Crippen molar-refractivity contribution in [3.05, 3.63) is 35.9 Å². The van der Waals surface area contributed by atoms with Crippen molar-refractivity contribution in [3.8, 4) is 0 Å². The van der Waals surface area contributed by atoms with Crippen molar-refractivity contribution < 1.29 is 29.0 Å². The van der Waals surface area contributed by atoms with Crippen molar-refractivity contribution in [1.29, 1.82) is 0 Å². The highest BCUT2D eigenvalue weighted by molar-refractivity contribution is 5.94. The highest BCUT2D eigenvalue weighted by Crippen LogP contribution is 2.44. The normalized spacial score (nSPS) is 19.1. The number of carbonyl (C=O) groups excluding carboxylic acids is 3. The van der Waals surface area contributed by atoms with Gasteiger partial charge in [-0.25, -0.2) is 4.79 Å². The minimum atomic E-state index is -1.27. The number of benzene rings is 1. The minimum Gasteiger partial charge on any atom is -0.469 e. The Bertz CT molecular complexity index is 814. The van der Waals surface area contributed by atoms with Crippen LogP contribution in [0.2, 0.25) is 0 Å². The van der Waals surface area contributed by atoms with Crippen molar-refractivity contribution in [2.45, 2.75) is 71.6 Å². The van der Waals surface area contributed by atoms with Crippen LogP contribution in [0.4, 0.5) is 4.79 Å². The highest BCUT2D eigenvalue weighted by Gasteiger charge is 2.58. The van der Waals surface area contributed by atoms with Gasteiger partial charge < -0.3 is 24.8 Å². The second kappa shape index (κ2) is 9.90. The fourth-order valence-corrected chi connectivity index (χ4v) is 3.75. The first-order valence-electron chi connectivity index (χ1n) is 10.6. The fourth-order valence-electron chi connectivity index (χ4n) is 3.75. The highest BCUT2D eigenvalue weighted by atomic mass is 16.6. The molecule has 32 heavy (non-hydrogen) atoms. The van der Waals surface area contributed by atoms with E-state index < -0.39 is 34.2 Å². The molecule has 1 aromatic rings. The minimum absolute atomic E-state index is 0.276. The fraction of sp³-hybridized carbons (Fsp3) is 0.625. The molecule has 1 unspecified atom stereocenters. The van der Waals surface area contributed by atoms with E-state index in [9.17, 15) is 14.4 Å². The number of rotatable bonds is 5. The van der Waals surface area contributed by atoms with Crippen LogP contribution in [0, 0.1) is 5.41 Å². The zero-order chi connectivity index (χ0) is 25.0. The number of hydrogen-bond donors (Lipinski definition) is 2. The van der Waals surface area contributed by atoms with E-state index >= 15 is 0 Å². The number of amides is 2. The maximum atomic E-state index is 13.8. The van der Waals surface area contributed by atoms with Gasteiger partial charge in [0.1, 0.15) is 11.1 Å². The predicted molar refractivity (Wildman–Crippen MR) is 122 cm³/mol. The maximum absolute atomic E-state index is 13.8. The number of esters is 1. The number of aliphatic hydroxyl groups is 1. The zero-order valence-electron chi connectivity index (χ0n) is 20.7. The van der Waals surface area contributed by atoms with Gasteiger partial charge in [-0.05, 0) is 54.0 Å². The van der Waals surface area contributed by atoms with E-state index in [-0.39, 0.29) is 5.91 Å². The van der Waals surface area contributed by atoms with Crippen LogP contribution in [0.25, 0.3) is 0 Å². The Morgan fingerprint density at radius 2 is 1.56 bits per heavy atom. The molecular formula is C24H38N2O6. The average Bonchev–Trinajstić information content (AvgIpc) is 3.05. The van der Waals surface area contributed by atoms with Crippen molar-refractivity contribution in [1.82, 2.24) is 10.2 Å². The van der Waals surface area contributed by atoms with E-state index in [4.69, 9.17) is 14.6 Å². The van der Waals surface area contributed by atoms with Gasteiger partial charge >= 0.3 is 12.1 Å². The second-order valence-electron chi connectivity index (χ2n) is 9.78. The van der Waals surface area contributed by atoms with Gasteiger partial charge in [-0.2, -0.15) is 0 Å².